The van der Waals surface area contributed by atoms with E-state index in [-0.39, 0.29) is 10.9 Å². The van der Waals surface area contributed by atoms with Crippen LogP contribution in [0.25, 0.3) is 0 Å². The van der Waals surface area contributed by atoms with Crippen LogP contribution in [0.1, 0.15) is 5.56 Å². The number of hydrogen-bond acceptors (Lipinski definition) is 0. The lowest BCUT2D eigenvalue weighted by molar-refractivity contribution is 1.29. The fourth-order valence-corrected chi connectivity index (χ4v) is 4.46. The summed E-state index contributed by atoms with van der Waals surface area (Å²) in [5.41, 5.74) is 1.31. The molecule has 0 saturated heterocycles. The molecule has 0 aliphatic heterocycles. The van der Waals surface area contributed by atoms with Crippen LogP contribution >= 0.6 is 0 Å². The highest BCUT2D eigenvalue weighted by Crippen LogP contribution is 2.31. The van der Waals surface area contributed by atoms with E-state index in [1.165, 1.54) is 20.2 Å². The van der Waals surface area contributed by atoms with E-state index < -0.39 is 0 Å². The Morgan fingerprint density at radius 3 is 1.55 bits per heavy atom. The third kappa shape index (κ3) is 2.78. The molecule has 0 atom stereocenters. The Labute approximate surface area is 123 Å². The molecule has 0 aromatic heterocycles. The molecule has 20 heavy (non-hydrogen) atoms. The molecule has 3 rings (SSSR count). The third-order valence-corrected chi connectivity index (χ3v) is 5.40. The molecule has 0 heterocycles. The van der Waals surface area contributed by atoms with Gasteiger partial charge in [0.2, 0.25) is 0 Å². The molecule has 0 aliphatic carbocycles. The Hall–Kier alpha value is -1.99. The molecular weight excluding hydrogens is 260 g/mol. The lowest BCUT2D eigenvalue weighted by atomic mass is 10.2. The first-order chi connectivity index (χ1) is 9.84. The van der Waals surface area contributed by atoms with E-state index in [0.717, 1.165) is 0 Å². The van der Waals surface area contributed by atoms with Crippen LogP contribution in [0.5, 0.6) is 0 Å². The summed E-state index contributed by atoms with van der Waals surface area (Å²) in [6.45, 7) is 2.15. The highest BCUT2D eigenvalue weighted by atomic mass is 32.2. The summed E-state index contributed by atoms with van der Waals surface area (Å²) in [6.07, 6.45) is 0. The number of benzene rings is 3. The highest BCUT2D eigenvalue weighted by Gasteiger charge is 2.27. The van der Waals surface area contributed by atoms with Crippen molar-refractivity contribution in [1.82, 2.24) is 0 Å². The molecule has 0 bridgehead atoms. The van der Waals surface area contributed by atoms with Crippen molar-refractivity contribution in [3.8, 4) is 0 Å². The monoisotopic (exact) mass is 277 g/mol. The van der Waals surface area contributed by atoms with Crippen LogP contribution in [-0.4, -0.2) is 0 Å². The van der Waals surface area contributed by atoms with Crippen molar-refractivity contribution >= 4 is 10.9 Å². The average molecular weight is 277 g/mol. The van der Waals surface area contributed by atoms with E-state index in [9.17, 15) is 0 Å². The van der Waals surface area contributed by atoms with Crippen molar-refractivity contribution in [3.63, 3.8) is 0 Å². The van der Waals surface area contributed by atoms with Crippen molar-refractivity contribution < 1.29 is 0 Å². The first kappa shape index (κ1) is 13.0. The van der Waals surface area contributed by atoms with E-state index in [1.54, 1.807) is 0 Å². The maximum atomic E-state index is 2.29. The van der Waals surface area contributed by atoms with Crippen LogP contribution in [0.4, 0.5) is 0 Å². The van der Waals surface area contributed by atoms with Gasteiger partial charge in [-0.15, -0.1) is 0 Å². The van der Waals surface area contributed by atoms with E-state index >= 15 is 0 Å². The Kier molecular flexibility index (Phi) is 3.89. The minimum atomic E-state index is -0.0249. The molecule has 3 aromatic carbocycles. The quantitative estimate of drug-likeness (QED) is 0.585. The van der Waals surface area contributed by atoms with Gasteiger partial charge in [-0.05, 0) is 48.9 Å². The Morgan fingerprint density at radius 2 is 1.05 bits per heavy atom. The van der Waals surface area contributed by atoms with Gasteiger partial charge in [-0.3, -0.25) is 0 Å². The van der Waals surface area contributed by atoms with Gasteiger partial charge >= 0.3 is 0 Å². The van der Waals surface area contributed by atoms with E-state index in [4.69, 9.17) is 0 Å². The molecule has 0 aliphatic rings. The number of rotatable bonds is 3. The second-order valence-electron chi connectivity index (χ2n) is 4.75. The van der Waals surface area contributed by atoms with Gasteiger partial charge in [0.05, 0.1) is 10.9 Å². The second kappa shape index (κ2) is 5.98. The van der Waals surface area contributed by atoms with Crippen LogP contribution in [0.2, 0.25) is 0 Å². The predicted molar refractivity (Wildman–Crippen MR) is 86.2 cm³/mol. The summed E-state index contributed by atoms with van der Waals surface area (Å²) in [4.78, 5) is 4.11. The molecule has 0 N–H and O–H groups in total. The van der Waals surface area contributed by atoms with Crippen LogP contribution in [-0.2, 0) is 10.9 Å². The van der Waals surface area contributed by atoms with Crippen LogP contribution in [0.3, 0.4) is 0 Å². The molecule has 0 radical (unpaired) electrons. The van der Waals surface area contributed by atoms with Gasteiger partial charge in [0, 0.05) is 0 Å². The molecule has 0 spiro atoms. The molecule has 98 valence electrons. The fraction of sp³-hybridized carbons (Fsp3) is 0.0526. The minimum Gasteiger partial charge on any atom is -0.0619 e. The van der Waals surface area contributed by atoms with Crippen molar-refractivity contribution in [2.24, 2.45) is 0 Å². The normalized spacial score (nSPS) is 10.7. The summed E-state index contributed by atoms with van der Waals surface area (Å²) in [5, 5.41) is 0. The first-order valence-electron chi connectivity index (χ1n) is 6.76. The van der Waals surface area contributed by atoms with Gasteiger partial charge < -0.3 is 0 Å². The Bertz CT molecular complexity index is 635. The molecule has 1 heteroatoms. The summed E-state index contributed by atoms with van der Waals surface area (Å²) in [7, 11) is -0.0249. The Balaban J connectivity index is 2.14. The molecular formula is C19H17S+. The smallest absolute Gasteiger partial charge is 0.0619 e. The van der Waals surface area contributed by atoms with Gasteiger partial charge in [-0.2, -0.15) is 0 Å². The van der Waals surface area contributed by atoms with E-state index in [0.29, 0.717) is 0 Å². The third-order valence-electron chi connectivity index (χ3n) is 3.18. The van der Waals surface area contributed by atoms with Crippen LogP contribution < -0.4 is 0 Å². The molecule has 0 unspecified atom stereocenters. The van der Waals surface area contributed by atoms with Crippen molar-refractivity contribution in [1.29, 1.82) is 0 Å². The molecule has 0 fully saturated rings. The standard InChI is InChI=1S/C19H17S/c1-16-9-8-14-19(15-16)20(17-10-4-2-5-11-17)18-12-6-3-7-13-18/h2-15H,1H3/q+1. The first-order valence-corrected chi connectivity index (χ1v) is 7.98. The maximum absolute atomic E-state index is 2.29. The molecule has 0 amide bonds. The summed E-state index contributed by atoms with van der Waals surface area (Å²) < 4.78 is 0. The zero-order valence-corrected chi connectivity index (χ0v) is 12.3. The minimum absolute atomic E-state index is 0.0249. The predicted octanol–water partition coefficient (Wildman–Crippen LogP) is 5.09. The SMILES string of the molecule is Cc1cccc([S+](c2ccccc2)c2ccccc2)c1. The lowest BCUT2D eigenvalue weighted by Gasteiger charge is -2.08. The Morgan fingerprint density at radius 1 is 0.550 bits per heavy atom. The van der Waals surface area contributed by atoms with Crippen LogP contribution in [0.15, 0.2) is 99.6 Å². The van der Waals surface area contributed by atoms with Crippen LogP contribution in [0, 0.1) is 6.92 Å². The van der Waals surface area contributed by atoms with E-state index in [1.807, 2.05) is 0 Å². The average Bonchev–Trinajstić information content (AvgIpc) is 2.50. The van der Waals surface area contributed by atoms with Crippen molar-refractivity contribution in [2.75, 3.05) is 0 Å². The second-order valence-corrected chi connectivity index (χ2v) is 6.78. The van der Waals surface area contributed by atoms with Gasteiger partial charge in [-0.25, -0.2) is 0 Å². The molecule has 3 aromatic rings. The summed E-state index contributed by atoms with van der Waals surface area (Å²) in [6, 6.07) is 30.3. The zero-order chi connectivity index (χ0) is 13.8. The van der Waals surface area contributed by atoms with Gasteiger partial charge in [0.1, 0.15) is 0 Å². The molecule has 0 nitrogen and oxygen atoms in total. The fourth-order valence-electron chi connectivity index (χ4n) is 2.26. The van der Waals surface area contributed by atoms with Gasteiger partial charge in [0.15, 0.2) is 14.7 Å². The topological polar surface area (TPSA) is 0 Å². The highest BCUT2D eigenvalue weighted by molar-refractivity contribution is 7.97. The van der Waals surface area contributed by atoms with E-state index in [2.05, 4.69) is 91.9 Å². The molecule has 0 saturated carbocycles. The lowest BCUT2D eigenvalue weighted by Crippen LogP contribution is -2.04. The number of hydrogen-bond donors (Lipinski definition) is 0. The van der Waals surface area contributed by atoms with Gasteiger partial charge in [-0.1, -0.05) is 48.5 Å². The summed E-state index contributed by atoms with van der Waals surface area (Å²) in [5.74, 6) is 0. The van der Waals surface area contributed by atoms with Gasteiger partial charge in [0.25, 0.3) is 0 Å². The van der Waals surface area contributed by atoms with Crippen molar-refractivity contribution in [2.45, 2.75) is 21.6 Å². The summed E-state index contributed by atoms with van der Waals surface area (Å²) >= 11 is 0. The zero-order valence-electron chi connectivity index (χ0n) is 11.5. The van der Waals surface area contributed by atoms with Crippen molar-refractivity contribution in [3.05, 3.63) is 90.5 Å². The largest absolute Gasteiger partial charge is 0.166 e. The number of aryl methyl sites for hydroxylation is 1. The maximum Gasteiger partial charge on any atom is 0.166 e.